The van der Waals surface area contributed by atoms with Crippen molar-refractivity contribution in [2.24, 2.45) is 0 Å². The predicted molar refractivity (Wildman–Crippen MR) is 77.4 cm³/mol. The third kappa shape index (κ3) is 4.31. The van der Waals surface area contributed by atoms with Crippen LogP contribution in [0.5, 0.6) is 0 Å². The minimum Gasteiger partial charge on any atom is -0.358 e. The van der Waals surface area contributed by atoms with Gasteiger partial charge in [-0.3, -0.25) is 0 Å². The van der Waals surface area contributed by atoms with Crippen molar-refractivity contribution in [3.05, 3.63) is 23.8 Å². The second kappa shape index (κ2) is 5.45. The fourth-order valence-corrected chi connectivity index (χ4v) is 3.82. The number of sulfone groups is 1. The summed E-state index contributed by atoms with van der Waals surface area (Å²) < 4.78 is 60.8. The van der Waals surface area contributed by atoms with E-state index < -0.39 is 21.6 Å². The SMILES string of the molecule is CC(CS(C)(=O)=O)Nc1nc2cc(C(F)(F)F)ccc2s1. The number of hydrogen-bond acceptors (Lipinski definition) is 5. The molecule has 9 heteroatoms. The number of rotatable bonds is 4. The third-order valence-electron chi connectivity index (χ3n) is 2.64. The van der Waals surface area contributed by atoms with E-state index in [1.807, 2.05) is 0 Å². The van der Waals surface area contributed by atoms with Gasteiger partial charge in [0.2, 0.25) is 0 Å². The van der Waals surface area contributed by atoms with Crippen molar-refractivity contribution in [2.45, 2.75) is 19.1 Å². The van der Waals surface area contributed by atoms with Gasteiger partial charge in [0.05, 0.1) is 21.5 Å². The Morgan fingerprint density at radius 3 is 2.62 bits per heavy atom. The van der Waals surface area contributed by atoms with Crippen LogP contribution in [0.3, 0.4) is 0 Å². The Bertz CT molecular complexity index is 753. The molecule has 1 aromatic carbocycles. The van der Waals surface area contributed by atoms with Crippen LogP contribution < -0.4 is 5.32 Å². The molecule has 0 amide bonds. The molecule has 2 rings (SSSR count). The first-order valence-corrected chi connectivity index (χ1v) is 8.84. The van der Waals surface area contributed by atoms with Crippen LogP contribution in [-0.4, -0.2) is 31.5 Å². The summed E-state index contributed by atoms with van der Waals surface area (Å²) in [5.74, 6) is -0.0727. The van der Waals surface area contributed by atoms with Gasteiger partial charge in [-0.2, -0.15) is 13.2 Å². The third-order valence-corrected chi connectivity index (χ3v) is 4.71. The number of hydrogen-bond donors (Lipinski definition) is 1. The highest BCUT2D eigenvalue weighted by Crippen LogP contribution is 2.34. The van der Waals surface area contributed by atoms with Crippen molar-refractivity contribution < 1.29 is 21.6 Å². The monoisotopic (exact) mass is 338 g/mol. The Balaban J connectivity index is 2.23. The van der Waals surface area contributed by atoms with E-state index in [0.717, 1.165) is 18.4 Å². The summed E-state index contributed by atoms with van der Waals surface area (Å²) in [6.07, 6.45) is -3.28. The maximum absolute atomic E-state index is 12.6. The van der Waals surface area contributed by atoms with Crippen molar-refractivity contribution in [2.75, 3.05) is 17.3 Å². The summed E-state index contributed by atoms with van der Waals surface area (Å²) >= 11 is 1.19. The molecule has 0 aliphatic heterocycles. The maximum Gasteiger partial charge on any atom is 0.416 e. The Morgan fingerprint density at radius 1 is 1.38 bits per heavy atom. The molecule has 1 heterocycles. The van der Waals surface area contributed by atoms with Crippen LogP contribution in [0, 0.1) is 0 Å². The summed E-state index contributed by atoms with van der Waals surface area (Å²) in [5.41, 5.74) is -0.514. The molecule has 1 unspecified atom stereocenters. The molecule has 21 heavy (non-hydrogen) atoms. The van der Waals surface area contributed by atoms with E-state index in [-0.39, 0.29) is 17.3 Å². The molecule has 0 spiro atoms. The average Bonchev–Trinajstić information content (AvgIpc) is 2.65. The first-order chi connectivity index (χ1) is 9.54. The van der Waals surface area contributed by atoms with Gasteiger partial charge in [0.15, 0.2) is 5.13 Å². The number of nitrogens with one attached hydrogen (secondary N) is 1. The average molecular weight is 338 g/mol. The van der Waals surface area contributed by atoms with Crippen LogP contribution >= 0.6 is 11.3 Å². The quantitative estimate of drug-likeness (QED) is 0.930. The van der Waals surface area contributed by atoms with Crippen LogP contribution in [0.4, 0.5) is 18.3 Å². The topological polar surface area (TPSA) is 59.1 Å². The molecule has 0 radical (unpaired) electrons. The molecule has 0 aliphatic rings. The highest BCUT2D eigenvalue weighted by atomic mass is 32.2. The smallest absolute Gasteiger partial charge is 0.358 e. The van der Waals surface area contributed by atoms with Gasteiger partial charge >= 0.3 is 6.18 Å². The lowest BCUT2D eigenvalue weighted by atomic mass is 10.2. The molecule has 4 nitrogen and oxygen atoms in total. The van der Waals surface area contributed by atoms with E-state index >= 15 is 0 Å². The fraction of sp³-hybridized carbons (Fsp3) is 0.417. The maximum atomic E-state index is 12.6. The lowest BCUT2D eigenvalue weighted by molar-refractivity contribution is -0.137. The van der Waals surface area contributed by atoms with Crippen LogP contribution in [0.1, 0.15) is 12.5 Å². The zero-order chi connectivity index (χ0) is 15.8. The van der Waals surface area contributed by atoms with E-state index in [0.29, 0.717) is 9.83 Å². The standard InChI is InChI=1S/C12H13F3N2O2S2/c1-7(6-21(2,18)19)16-11-17-9-5-8(12(13,14)15)3-4-10(9)20-11/h3-5,7H,6H2,1-2H3,(H,16,17). The van der Waals surface area contributed by atoms with E-state index in [1.54, 1.807) is 6.92 Å². The Hall–Kier alpha value is -1.35. The van der Waals surface area contributed by atoms with Crippen molar-refractivity contribution in [1.29, 1.82) is 0 Å². The van der Waals surface area contributed by atoms with Gasteiger partial charge in [0.25, 0.3) is 0 Å². The summed E-state index contributed by atoms with van der Waals surface area (Å²) in [6.45, 7) is 1.67. The number of fused-ring (bicyclic) bond motifs is 1. The molecule has 0 aliphatic carbocycles. The summed E-state index contributed by atoms with van der Waals surface area (Å²) in [6, 6.07) is 2.98. The van der Waals surface area contributed by atoms with E-state index in [9.17, 15) is 21.6 Å². The molecule has 0 saturated heterocycles. The zero-order valence-corrected chi connectivity index (χ0v) is 12.9. The van der Waals surface area contributed by atoms with Gasteiger partial charge in [0.1, 0.15) is 9.84 Å². The van der Waals surface area contributed by atoms with Gasteiger partial charge < -0.3 is 5.32 Å². The Kier molecular flexibility index (Phi) is 4.16. The summed E-state index contributed by atoms with van der Waals surface area (Å²) in [7, 11) is -3.13. The zero-order valence-electron chi connectivity index (χ0n) is 11.2. The number of anilines is 1. The second-order valence-electron chi connectivity index (χ2n) is 4.84. The Morgan fingerprint density at radius 2 is 2.05 bits per heavy atom. The first-order valence-electron chi connectivity index (χ1n) is 5.96. The van der Waals surface area contributed by atoms with E-state index in [4.69, 9.17) is 0 Å². The van der Waals surface area contributed by atoms with Crippen LogP contribution in [0.2, 0.25) is 0 Å². The summed E-state index contributed by atoms with van der Waals surface area (Å²) in [4.78, 5) is 4.07. The number of benzene rings is 1. The first kappa shape index (κ1) is 16.0. The minimum absolute atomic E-state index is 0.0727. The van der Waals surface area contributed by atoms with Gasteiger partial charge in [0, 0.05) is 12.3 Å². The van der Waals surface area contributed by atoms with E-state index in [2.05, 4.69) is 10.3 Å². The molecule has 0 saturated carbocycles. The number of aromatic nitrogens is 1. The van der Waals surface area contributed by atoms with Gasteiger partial charge in [-0.15, -0.1) is 0 Å². The van der Waals surface area contributed by atoms with Gasteiger partial charge in [-0.25, -0.2) is 13.4 Å². The van der Waals surface area contributed by atoms with Crippen molar-refractivity contribution in [3.63, 3.8) is 0 Å². The molecule has 0 bridgehead atoms. The van der Waals surface area contributed by atoms with Crippen LogP contribution in [-0.2, 0) is 16.0 Å². The van der Waals surface area contributed by atoms with Gasteiger partial charge in [-0.1, -0.05) is 11.3 Å². The van der Waals surface area contributed by atoms with Crippen molar-refractivity contribution in [3.8, 4) is 0 Å². The van der Waals surface area contributed by atoms with Crippen LogP contribution in [0.25, 0.3) is 10.2 Å². The molecule has 1 aromatic heterocycles. The highest BCUT2D eigenvalue weighted by Gasteiger charge is 2.30. The fourth-order valence-electron chi connectivity index (χ4n) is 1.87. The summed E-state index contributed by atoms with van der Waals surface area (Å²) in [5, 5.41) is 3.30. The lowest BCUT2D eigenvalue weighted by Crippen LogP contribution is -2.24. The molecule has 116 valence electrons. The normalized spacial score (nSPS) is 14.3. The van der Waals surface area contributed by atoms with Crippen molar-refractivity contribution in [1.82, 2.24) is 4.98 Å². The molecular weight excluding hydrogens is 325 g/mol. The second-order valence-corrected chi connectivity index (χ2v) is 8.05. The molecular formula is C12H13F3N2O2S2. The lowest BCUT2D eigenvalue weighted by Gasteiger charge is -2.10. The predicted octanol–water partition coefficient (Wildman–Crippen LogP) is 3.16. The molecule has 1 N–H and O–H groups in total. The minimum atomic E-state index is -4.41. The molecule has 0 fully saturated rings. The largest absolute Gasteiger partial charge is 0.416 e. The Labute approximate surface area is 123 Å². The van der Waals surface area contributed by atoms with Crippen LogP contribution in [0.15, 0.2) is 18.2 Å². The van der Waals surface area contributed by atoms with E-state index in [1.165, 1.54) is 17.4 Å². The van der Waals surface area contributed by atoms with Gasteiger partial charge in [-0.05, 0) is 25.1 Å². The number of nitrogens with zero attached hydrogens (tertiary/aromatic N) is 1. The number of alkyl halides is 3. The molecule has 1 atom stereocenters. The number of thiazole rings is 1. The van der Waals surface area contributed by atoms with Crippen molar-refractivity contribution >= 4 is 36.5 Å². The number of halogens is 3. The highest BCUT2D eigenvalue weighted by molar-refractivity contribution is 7.90. The molecule has 2 aromatic rings.